The molecule has 0 atom stereocenters. The van der Waals surface area contributed by atoms with Gasteiger partial charge in [-0.25, -0.2) is 14.0 Å². The Morgan fingerprint density at radius 1 is 1.12 bits per heavy atom. The van der Waals surface area contributed by atoms with Crippen LogP contribution in [0.2, 0.25) is 5.02 Å². The van der Waals surface area contributed by atoms with Gasteiger partial charge in [0.25, 0.3) is 0 Å². The molecule has 0 saturated carbocycles. The predicted molar refractivity (Wildman–Crippen MR) is 88.1 cm³/mol. The maximum atomic E-state index is 13.0. The minimum absolute atomic E-state index is 0.0460. The van der Waals surface area contributed by atoms with Crippen molar-refractivity contribution in [1.29, 1.82) is 0 Å². The molecule has 0 unspecified atom stereocenters. The zero-order valence-corrected chi connectivity index (χ0v) is 13.4. The van der Waals surface area contributed by atoms with Gasteiger partial charge in [-0.1, -0.05) is 17.7 Å². The van der Waals surface area contributed by atoms with Crippen molar-refractivity contribution in [3.8, 4) is 5.75 Å². The molecule has 0 radical (unpaired) electrons. The van der Waals surface area contributed by atoms with Gasteiger partial charge in [-0.15, -0.1) is 0 Å². The van der Waals surface area contributed by atoms with Gasteiger partial charge in [0, 0.05) is 11.8 Å². The second-order valence-electron chi connectivity index (χ2n) is 4.51. The van der Waals surface area contributed by atoms with Crippen molar-refractivity contribution in [2.45, 2.75) is 6.92 Å². The van der Waals surface area contributed by atoms with Gasteiger partial charge in [0.2, 0.25) is 0 Å². The quantitative estimate of drug-likeness (QED) is 0.839. The van der Waals surface area contributed by atoms with E-state index in [-0.39, 0.29) is 23.1 Å². The lowest BCUT2D eigenvalue weighted by Crippen LogP contribution is -2.17. The van der Waals surface area contributed by atoms with Crippen LogP contribution in [0.1, 0.15) is 6.92 Å². The molecule has 0 saturated heterocycles. The van der Waals surface area contributed by atoms with Crippen LogP contribution in [0, 0.1) is 5.82 Å². The molecule has 0 spiro atoms. The molecule has 2 amide bonds. The van der Waals surface area contributed by atoms with E-state index >= 15 is 0 Å². The number of hydrogen-bond donors (Lipinski definition) is 2. The molecule has 126 valence electrons. The predicted octanol–water partition coefficient (Wildman–Crippen LogP) is 4.66. The fourth-order valence-electron chi connectivity index (χ4n) is 1.76. The number of hydrogen-bond acceptors (Lipinski definition) is 4. The van der Waals surface area contributed by atoms with E-state index in [9.17, 15) is 14.0 Å². The number of benzene rings is 2. The van der Waals surface area contributed by atoms with Gasteiger partial charge < -0.3 is 9.47 Å². The highest BCUT2D eigenvalue weighted by molar-refractivity contribution is 6.33. The van der Waals surface area contributed by atoms with E-state index in [4.69, 9.17) is 21.1 Å². The van der Waals surface area contributed by atoms with Crippen molar-refractivity contribution >= 4 is 35.2 Å². The molecule has 0 heterocycles. The number of halogens is 2. The number of rotatable bonds is 4. The van der Waals surface area contributed by atoms with E-state index in [2.05, 4.69) is 10.6 Å². The molecule has 2 rings (SSSR count). The lowest BCUT2D eigenvalue weighted by atomic mass is 10.3. The Morgan fingerprint density at radius 2 is 1.92 bits per heavy atom. The van der Waals surface area contributed by atoms with E-state index in [1.807, 2.05) is 0 Å². The van der Waals surface area contributed by atoms with Crippen LogP contribution in [0.4, 0.5) is 25.4 Å². The summed E-state index contributed by atoms with van der Waals surface area (Å²) in [5.74, 6) is -0.323. The van der Waals surface area contributed by atoms with Crippen LogP contribution >= 0.6 is 11.6 Å². The van der Waals surface area contributed by atoms with Gasteiger partial charge in [-0.05, 0) is 37.3 Å². The number of carbonyl (C=O) groups is 2. The van der Waals surface area contributed by atoms with Crippen LogP contribution in [0.3, 0.4) is 0 Å². The average molecular weight is 353 g/mol. The third kappa shape index (κ3) is 5.13. The molecular weight excluding hydrogens is 339 g/mol. The SMILES string of the molecule is CCOC(=O)Nc1cccc(OC(=O)Nc2ccc(F)cc2Cl)c1. The van der Waals surface area contributed by atoms with Crippen LogP contribution in [0.25, 0.3) is 0 Å². The zero-order valence-electron chi connectivity index (χ0n) is 12.6. The number of amides is 2. The Labute approximate surface area is 142 Å². The van der Waals surface area contributed by atoms with Crippen molar-refractivity contribution in [3.05, 3.63) is 53.3 Å². The fourth-order valence-corrected chi connectivity index (χ4v) is 1.97. The minimum Gasteiger partial charge on any atom is -0.450 e. The van der Waals surface area contributed by atoms with Gasteiger partial charge in [0.1, 0.15) is 11.6 Å². The smallest absolute Gasteiger partial charge is 0.417 e. The van der Waals surface area contributed by atoms with Crippen molar-refractivity contribution in [2.24, 2.45) is 0 Å². The Bertz CT molecular complexity index is 755. The normalized spacial score (nSPS) is 9.96. The van der Waals surface area contributed by atoms with Crippen molar-refractivity contribution in [3.63, 3.8) is 0 Å². The molecule has 8 heteroatoms. The van der Waals surface area contributed by atoms with Gasteiger partial charge in [0.15, 0.2) is 0 Å². The molecule has 2 aromatic rings. The Morgan fingerprint density at radius 3 is 2.62 bits per heavy atom. The largest absolute Gasteiger partial charge is 0.450 e. The first-order valence-corrected chi connectivity index (χ1v) is 7.33. The summed E-state index contributed by atoms with van der Waals surface area (Å²) >= 11 is 5.82. The molecule has 2 N–H and O–H groups in total. The van der Waals surface area contributed by atoms with E-state index in [0.29, 0.717) is 5.69 Å². The van der Waals surface area contributed by atoms with Crippen molar-refractivity contribution < 1.29 is 23.5 Å². The van der Waals surface area contributed by atoms with Gasteiger partial charge in [-0.3, -0.25) is 10.6 Å². The number of anilines is 2. The lowest BCUT2D eigenvalue weighted by molar-refractivity contribution is 0.168. The summed E-state index contributed by atoms with van der Waals surface area (Å²) in [5, 5.41) is 4.93. The monoisotopic (exact) mass is 352 g/mol. The number of ether oxygens (including phenoxy) is 2. The number of carbonyl (C=O) groups excluding carboxylic acids is 2. The second-order valence-corrected chi connectivity index (χ2v) is 4.92. The average Bonchev–Trinajstić information content (AvgIpc) is 2.50. The summed E-state index contributed by atoms with van der Waals surface area (Å²) in [5.41, 5.74) is 0.613. The summed E-state index contributed by atoms with van der Waals surface area (Å²) in [4.78, 5) is 23.2. The van der Waals surface area contributed by atoms with E-state index in [1.165, 1.54) is 18.2 Å². The topological polar surface area (TPSA) is 76.7 Å². The summed E-state index contributed by atoms with van der Waals surface area (Å²) < 4.78 is 22.8. The Balaban J connectivity index is 2.00. The van der Waals surface area contributed by atoms with Gasteiger partial charge >= 0.3 is 12.2 Å². The highest BCUT2D eigenvalue weighted by atomic mass is 35.5. The minimum atomic E-state index is -0.809. The van der Waals surface area contributed by atoms with Crippen LogP contribution < -0.4 is 15.4 Å². The molecule has 0 aliphatic heterocycles. The first-order chi connectivity index (χ1) is 11.5. The molecular formula is C16H14ClFN2O4. The maximum absolute atomic E-state index is 13.0. The third-order valence-corrected chi connectivity index (χ3v) is 3.05. The van der Waals surface area contributed by atoms with E-state index in [1.54, 1.807) is 19.1 Å². The summed E-state index contributed by atoms with van der Waals surface area (Å²) in [7, 11) is 0. The molecule has 0 bridgehead atoms. The first-order valence-electron chi connectivity index (χ1n) is 6.95. The van der Waals surface area contributed by atoms with E-state index < -0.39 is 18.0 Å². The summed E-state index contributed by atoms with van der Waals surface area (Å²) in [6.45, 7) is 1.92. The molecule has 0 aliphatic carbocycles. The second kappa shape index (κ2) is 8.16. The molecule has 0 aliphatic rings. The molecule has 6 nitrogen and oxygen atoms in total. The number of nitrogens with one attached hydrogen (secondary N) is 2. The first kappa shape index (κ1) is 17.6. The standard InChI is InChI=1S/C16H14ClFN2O4/c1-2-23-15(21)19-11-4-3-5-12(9-11)24-16(22)20-14-7-6-10(18)8-13(14)17/h3-9H,2H2,1H3,(H,19,21)(H,20,22). The summed E-state index contributed by atoms with van der Waals surface area (Å²) in [6, 6.07) is 9.72. The maximum Gasteiger partial charge on any atom is 0.417 e. The molecule has 24 heavy (non-hydrogen) atoms. The Hall–Kier alpha value is -2.80. The lowest BCUT2D eigenvalue weighted by Gasteiger charge is -2.10. The van der Waals surface area contributed by atoms with Crippen LogP contribution in [-0.4, -0.2) is 18.8 Å². The van der Waals surface area contributed by atoms with Crippen LogP contribution in [-0.2, 0) is 4.74 Å². The van der Waals surface area contributed by atoms with Crippen LogP contribution in [0.15, 0.2) is 42.5 Å². The van der Waals surface area contributed by atoms with Crippen molar-refractivity contribution in [1.82, 2.24) is 0 Å². The molecule has 2 aromatic carbocycles. The van der Waals surface area contributed by atoms with Crippen LogP contribution in [0.5, 0.6) is 5.75 Å². The molecule has 0 fully saturated rings. The van der Waals surface area contributed by atoms with Crippen molar-refractivity contribution in [2.75, 3.05) is 17.2 Å². The van der Waals surface area contributed by atoms with Gasteiger partial charge in [0.05, 0.1) is 17.3 Å². The highest BCUT2D eigenvalue weighted by Crippen LogP contribution is 2.23. The van der Waals surface area contributed by atoms with E-state index in [0.717, 1.165) is 12.1 Å². The summed E-state index contributed by atoms with van der Waals surface area (Å²) in [6.07, 6.45) is -1.42. The van der Waals surface area contributed by atoms with Gasteiger partial charge in [-0.2, -0.15) is 0 Å². The Kier molecular flexibility index (Phi) is 5.97. The highest BCUT2D eigenvalue weighted by Gasteiger charge is 2.10. The third-order valence-electron chi connectivity index (χ3n) is 2.73. The zero-order chi connectivity index (χ0) is 17.5. The molecule has 0 aromatic heterocycles. The fraction of sp³-hybridized carbons (Fsp3) is 0.125.